The molecule has 15 heavy (non-hydrogen) atoms. The number of hydrogen-bond donors (Lipinski definition) is 0. The minimum Gasteiger partial charge on any atom is -0.451 e. The third-order valence-corrected chi connectivity index (χ3v) is 3.24. The largest absolute Gasteiger partial charge is 0.451 e. The van der Waals surface area contributed by atoms with Gasteiger partial charge in [0, 0.05) is 6.92 Å². The van der Waals surface area contributed by atoms with Crippen LogP contribution in [-0.4, -0.2) is 17.4 Å². The molecule has 1 aliphatic rings. The van der Waals surface area contributed by atoms with Crippen molar-refractivity contribution in [2.75, 3.05) is 0 Å². The molecule has 0 unspecified atom stereocenters. The van der Waals surface area contributed by atoms with Crippen LogP contribution in [0.25, 0.3) is 0 Å². The summed E-state index contributed by atoms with van der Waals surface area (Å²) >= 11 is 6.30. The Balaban J connectivity index is 3.11. The summed E-state index contributed by atoms with van der Waals surface area (Å²) in [6, 6.07) is 0. The van der Waals surface area contributed by atoms with Crippen LogP contribution in [0, 0.1) is 0 Å². The number of rotatable bonds is 2. The average Bonchev–Trinajstić information content (AvgIpc) is 2.13. The molecule has 0 amide bonds. The van der Waals surface area contributed by atoms with Gasteiger partial charge in [-0.1, -0.05) is 6.92 Å². The van der Waals surface area contributed by atoms with Gasteiger partial charge in [-0.3, -0.25) is 9.59 Å². The highest BCUT2D eigenvalue weighted by molar-refractivity contribution is 9.13. The third kappa shape index (κ3) is 2.78. The van der Waals surface area contributed by atoms with Gasteiger partial charge >= 0.3 is 5.97 Å². The van der Waals surface area contributed by atoms with Crippen LogP contribution in [0.4, 0.5) is 0 Å². The van der Waals surface area contributed by atoms with Crippen molar-refractivity contribution in [2.24, 2.45) is 0 Å². The zero-order valence-electron chi connectivity index (χ0n) is 8.34. The lowest BCUT2D eigenvalue weighted by atomic mass is 9.94. The van der Waals surface area contributed by atoms with Gasteiger partial charge in [0.25, 0.3) is 0 Å². The van der Waals surface area contributed by atoms with Crippen molar-refractivity contribution < 1.29 is 14.3 Å². The fourth-order valence-electron chi connectivity index (χ4n) is 1.32. The standard InChI is InChI=1S/C10H10Br2O3/c1-3-10(15-6(2)13)4-7(11)9(14)8(12)5-10/h4-5H,3H2,1-2H3. The summed E-state index contributed by atoms with van der Waals surface area (Å²) in [6.45, 7) is 3.23. The van der Waals surface area contributed by atoms with Gasteiger partial charge in [0.15, 0.2) is 5.60 Å². The normalized spacial score (nSPS) is 19.3. The van der Waals surface area contributed by atoms with Gasteiger partial charge in [0.1, 0.15) is 0 Å². The highest BCUT2D eigenvalue weighted by Gasteiger charge is 2.33. The zero-order valence-corrected chi connectivity index (χ0v) is 11.5. The summed E-state index contributed by atoms with van der Waals surface area (Å²) in [7, 11) is 0. The van der Waals surface area contributed by atoms with Crippen LogP contribution in [0.1, 0.15) is 20.3 Å². The molecule has 0 saturated heterocycles. The van der Waals surface area contributed by atoms with E-state index in [1.165, 1.54) is 6.92 Å². The lowest BCUT2D eigenvalue weighted by Gasteiger charge is -2.28. The number of carbonyl (C=O) groups is 2. The second kappa shape index (κ2) is 4.61. The monoisotopic (exact) mass is 336 g/mol. The topological polar surface area (TPSA) is 43.4 Å². The van der Waals surface area contributed by atoms with Crippen molar-refractivity contribution in [3.8, 4) is 0 Å². The average molecular weight is 338 g/mol. The van der Waals surface area contributed by atoms with Crippen LogP contribution >= 0.6 is 31.9 Å². The van der Waals surface area contributed by atoms with Crippen molar-refractivity contribution in [1.82, 2.24) is 0 Å². The van der Waals surface area contributed by atoms with Gasteiger partial charge in [0.05, 0.1) is 8.96 Å². The van der Waals surface area contributed by atoms with Gasteiger partial charge < -0.3 is 4.74 Å². The Morgan fingerprint density at radius 2 is 1.87 bits per heavy atom. The molecule has 0 radical (unpaired) electrons. The Hall–Kier alpha value is -0.420. The van der Waals surface area contributed by atoms with Gasteiger partial charge in [-0.2, -0.15) is 0 Å². The lowest BCUT2D eigenvalue weighted by Crippen LogP contribution is -2.33. The Bertz CT molecular complexity index is 347. The molecule has 0 heterocycles. The van der Waals surface area contributed by atoms with Crippen molar-refractivity contribution in [3.05, 3.63) is 21.1 Å². The van der Waals surface area contributed by atoms with E-state index in [2.05, 4.69) is 31.9 Å². The molecule has 0 spiro atoms. The lowest BCUT2D eigenvalue weighted by molar-refractivity contribution is -0.149. The first-order valence-corrected chi connectivity index (χ1v) is 6.00. The summed E-state index contributed by atoms with van der Waals surface area (Å²) < 4.78 is 6.02. The van der Waals surface area contributed by atoms with E-state index in [4.69, 9.17) is 4.74 Å². The maximum absolute atomic E-state index is 11.4. The van der Waals surface area contributed by atoms with E-state index in [0.29, 0.717) is 15.4 Å². The van der Waals surface area contributed by atoms with Crippen LogP contribution in [0.5, 0.6) is 0 Å². The Morgan fingerprint density at radius 3 is 2.20 bits per heavy atom. The van der Waals surface area contributed by atoms with E-state index >= 15 is 0 Å². The molecule has 0 saturated carbocycles. The Labute approximate surface area is 105 Å². The molecular formula is C10H10Br2O3. The smallest absolute Gasteiger partial charge is 0.303 e. The maximum Gasteiger partial charge on any atom is 0.303 e. The first-order valence-electron chi connectivity index (χ1n) is 4.41. The summed E-state index contributed by atoms with van der Waals surface area (Å²) in [5.74, 6) is -0.523. The van der Waals surface area contributed by atoms with E-state index in [1.54, 1.807) is 12.2 Å². The molecular weight excluding hydrogens is 328 g/mol. The molecule has 82 valence electrons. The Kier molecular flexibility index (Phi) is 3.89. The molecule has 0 N–H and O–H groups in total. The summed E-state index contributed by atoms with van der Waals surface area (Å²) in [5, 5.41) is 0. The van der Waals surface area contributed by atoms with Gasteiger partial charge in [-0.15, -0.1) is 0 Å². The molecule has 5 heteroatoms. The van der Waals surface area contributed by atoms with E-state index in [0.717, 1.165) is 0 Å². The summed E-state index contributed by atoms with van der Waals surface area (Å²) in [6.07, 6.45) is 3.80. The van der Waals surface area contributed by atoms with Crippen LogP contribution in [0.15, 0.2) is 21.1 Å². The molecule has 1 rings (SSSR count). The molecule has 0 atom stereocenters. The van der Waals surface area contributed by atoms with Crippen molar-refractivity contribution in [3.63, 3.8) is 0 Å². The number of ether oxygens (including phenoxy) is 1. The summed E-state index contributed by atoms with van der Waals surface area (Å²) in [5.41, 5.74) is -0.822. The second-order valence-corrected chi connectivity index (χ2v) is 4.92. The molecule has 3 nitrogen and oxygen atoms in total. The van der Waals surface area contributed by atoms with Gasteiger partial charge in [-0.05, 0) is 50.4 Å². The predicted octanol–water partition coefficient (Wildman–Crippen LogP) is 2.84. The number of Topliss-reactive ketones (excluding diaryl/α,β-unsaturated/α-hetero) is 1. The number of hydrogen-bond acceptors (Lipinski definition) is 3. The number of ketones is 1. The quantitative estimate of drug-likeness (QED) is 0.728. The van der Waals surface area contributed by atoms with Crippen molar-refractivity contribution in [1.29, 1.82) is 0 Å². The molecule has 0 aromatic heterocycles. The molecule has 0 bridgehead atoms. The summed E-state index contributed by atoms with van der Waals surface area (Å²) in [4.78, 5) is 22.4. The van der Waals surface area contributed by atoms with E-state index in [9.17, 15) is 9.59 Å². The van der Waals surface area contributed by atoms with Crippen molar-refractivity contribution >= 4 is 43.6 Å². The molecule has 0 aromatic rings. The minimum absolute atomic E-state index is 0.147. The van der Waals surface area contributed by atoms with Crippen LogP contribution in [0.2, 0.25) is 0 Å². The van der Waals surface area contributed by atoms with E-state index in [1.807, 2.05) is 6.92 Å². The molecule has 0 aromatic carbocycles. The maximum atomic E-state index is 11.4. The highest BCUT2D eigenvalue weighted by atomic mass is 79.9. The number of esters is 1. The zero-order chi connectivity index (χ0) is 11.6. The molecule has 1 aliphatic carbocycles. The number of allylic oxidation sites excluding steroid dienone is 2. The van der Waals surface area contributed by atoms with Gasteiger partial charge in [-0.25, -0.2) is 0 Å². The van der Waals surface area contributed by atoms with Crippen LogP contribution < -0.4 is 0 Å². The predicted molar refractivity (Wildman–Crippen MR) is 63.8 cm³/mol. The number of carbonyl (C=O) groups excluding carboxylic acids is 2. The first-order chi connectivity index (χ1) is 6.90. The number of halogens is 2. The molecule has 0 fully saturated rings. The third-order valence-electron chi connectivity index (χ3n) is 2.06. The fourth-order valence-corrected chi connectivity index (χ4v) is 2.79. The fraction of sp³-hybridized carbons (Fsp3) is 0.400. The molecule has 0 aliphatic heterocycles. The first kappa shape index (κ1) is 12.6. The highest BCUT2D eigenvalue weighted by Crippen LogP contribution is 2.33. The van der Waals surface area contributed by atoms with E-state index < -0.39 is 5.60 Å². The van der Waals surface area contributed by atoms with Crippen LogP contribution in [0.3, 0.4) is 0 Å². The second-order valence-electron chi connectivity index (χ2n) is 3.22. The minimum atomic E-state index is -0.822. The van der Waals surface area contributed by atoms with Crippen LogP contribution in [-0.2, 0) is 14.3 Å². The van der Waals surface area contributed by atoms with E-state index in [-0.39, 0.29) is 11.8 Å². The van der Waals surface area contributed by atoms with Crippen molar-refractivity contribution in [2.45, 2.75) is 25.9 Å². The SMILES string of the molecule is CCC1(OC(C)=O)C=C(Br)C(=O)C(Br)=C1. The van der Waals surface area contributed by atoms with Gasteiger partial charge in [0.2, 0.25) is 5.78 Å². The Morgan fingerprint density at radius 1 is 1.40 bits per heavy atom.